The minimum Gasteiger partial charge on any atom is -0.497 e. The molecule has 0 spiro atoms. The van der Waals surface area contributed by atoms with E-state index in [1.807, 2.05) is 41.1 Å². The van der Waals surface area contributed by atoms with Crippen molar-refractivity contribution < 1.29 is 14.3 Å². The van der Waals surface area contributed by atoms with Crippen LogP contribution in [0.4, 0.5) is 0 Å². The van der Waals surface area contributed by atoms with Crippen molar-refractivity contribution in [3.63, 3.8) is 0 Å². The molecule has 0 saturated carbocycles. The van der Waals surface area contributed by atoms with Gasteiger partial charge in [0.2, 0.25) is 11.8 Å². The summed E-state index contributed by atoms with van der Waals surface area (Å²) in [6.07, 6.45) is 4.77. The van der Waals surface area contributed by atoms with Crippen molar-refractivity contribution in [1.29, 1.82) is 0 Å². The van der Waals surface area contributed by atoms with E-state index in [1.54, 1.807) is 7.11 Å². The highest BCUT2D eigenvalue weighted by molar-refractivity contribution is 5.90. The topological polar surface area (TPSA) is 53.1 Å². The lowest BCUT2D eigenvalue weighted by molar-refractivity contribution is -0.135. The van der Waals surface area contributed by atoms with E-state index in [2.05, 4.69) is 11.8 Å². The SMILES string of the molecule is CCCCN1C(=O)CC(C(=O)N(C)CCN2CCCC2)C1c1ccc(OC)cc1. The molecule has 0 aromatic heterocycles. The van der Waals surface area contributed by atoms with Gasteiger partial charge < -0.3 is 19.4 Å². The first-order chi connectivity index (χ1) is 14.0. The van der Waals surface area contributed by atoms with Crippen LogP contribution in [0.3, 0.4) is 0 Å². The monoisotopic (exact) mass is 401 g/mol. The lowest BCUT2D eigenvalue weighted by Crippen LogP contribution is -2.40. The number of rotatable bonds is 9. The molecule has 2 atom stereocenters. The molecular weight excluding hydrogens is 366 g/mol. The van der Waals surface area contributed by atoms with Gasteiger partial charge in [-0.05, 0) is 50.0 Å². The summed E-state index contributed by atoms with van der Waals surface area (Å²) in [6.45, 7) is 6.71. The fourth-order valence-electron chi connectivity index (χ4n) is 4.51. The molecule has 6 heteroatoms. The lowest BCUT2D eigenvalue weighted by Gasteiger charge is -2.31. The van der Waals surface area contributed by atoms with Crippen molar-refractivity contribution in [3.8, 4) is 5.75 Å². The van der Waals surface area contributed by atoms with Crippen molar-refractivity contribution in [2.24, 2.45) is 5.92 Å². The van der Waals surface area contributed by atoms with Crippen LogP contribution in [0.1, 0.15) is 50.6 Å². The number of methoxy groups -OCH3 is 1. The number of benzene rings is 1. The van der Waals surface area contributed by atoms with E-state index in [1.165, 1.54) is 12.8 Å². The number of hydrogen-bond acceptors (Lipinski definition) is 4. The first-order valence-corrected chi connectivity index (χ1v) is 11.0. The molecular formula is C23H35N3O3. The number of carbonyl (C=O) groups is 2. The first kappa shape index (κ1) is 21.6. The Morgan fingerprint density at radius 1 is 1.17 bits per heavy atom. The van der Waals surface area contributed by atoms with Gasteiger partial charge in [-0.25, -0.2) is 0 Å². The molecule has 6 nitrogen and oxygen atoms in total. The van der Waals surface area contributed by atoms with E-state index in [-0.39, 0.29) is 23.8 Å². The van der Waals surface area contributed by atoms with E-state index in [0.29, 0.717) is 19.5 Å². The van der Waals surface area contributed by atoms with Gasteiger partial charge in [0.1, 0.15) is 5.75 Å². The van der Waals surface area contributed by atoms with Gasteiger partial charge in [0, 0.05) is 33.1 Å². The molecule has 160 valence electrons. The number of carbonyl (C=O) groups excluding carboxylic acids is 2. The maximum absolute atomic E-state index is 13.3. The molecule has 2 aliphatic rings. The third-order valence-corrected chi connectivity index (χ3v) is 6.29. The standard InChI is InChI=1S/C23H35N3O3/c1-4-5-14-26-21(27)17-20(22(26)18-8-10-19(29-3)11-9-18)23(28)24(2)15-16-25-12-6-7-13-25/h8-11,20,22H,4-7,12-17H2,1-3H3. The Kier molecular flexibility index (Phi) is 7.53. The Bertz CT molecular complexity index is 685. The quantitative estimate of drug-likeness (QED) is 0.638. The fourth-order valence-corrected chi connectivity index (χ4v) is 4.51. The third kappa shape index (κ3) is 5.10. The minimum absolute atomic E-state index is 0.0809. The van der Waals surface area contributed by atoms with Gasteiger partial charge in [0.05, 0.1) is 19.1 Å². The molecule has 0 radical (unpaired) electrons. The normalized spacial score (nSPS) is 22.3. The second-order valence-electron chi connectivity index (χ2n) is 8.28. The number of hydrogen-bond donors (Lipinski definition) is 0. The van der Waals surface area contributed by atoms with Crippen LogP contribution in [0.25, 0.3) is 0 Å². The maximum Gasteiger partial charge on any atom is 0.228 e. The second-order valence-corrected chi connectivity index (χ2v) is 8.28. The Labute approximate surface area is 174 Å². The van der Waals surface area contributed by atoms with Crippen LogP contribution in [-0.2, 0) is 9.59 Å². The summed E-state index contributed by atoms with van der Waals surface area (Å²) < 4.78 is 5.28. The van der Waals surface area contributed by atoms with Crippen molar-refractivity contribution in [2.45, 2.75) is 45.1 Å². The van der Waals surface area contributed by atoms with Crippen molar-refractivity contribution in [1.82, 2.24) is 14.7 Å². The highest BCUT2D eigenvalue weighted by Crippen LogP contribution is 2.39. The molecule has 0 aliphatic carbocycles. The third-order valence-electron chi connectivity index (χ3n) is 6.29. The van der Waals surface area contributed by atoms with Crippen LogP contribution in [0, 0.1) is 5.92 Å². The number of likely N-dealkylation sites (tertiary alicyclic amines) is 2. The molecule has 0 bridgehead atoms. The zero-order valence-corrected chi connectivity index (χ0v) is 18.1. The van der Waals surface area contributed by atoms with E-state index >= 15 is 0 Å². The van der Waals surface area contributed by atoms with E-state index in [9.17, 15) is 9.59 Å². The molecule has 2 aliphatic heterocycles. The Balaban J connectivity index is 1.75. The average Bonchev–Trinajstić information content (AvgIpc) is 3.37. The van der Waals surface area contributed by atoms with Crippen molar-refractivity contribution in [2.75, 3.05) is 46.9 Å². The van der Waals surface area contributed by atoms with Crippen LogP contribution in [0.2, 0.25) is 0 Å². The van der Waals surface area contributed by atoms with Crippen LogP contribution >= 0.6 is 0 Å². The van der Waals surface area contributed by atoms with Gasteiger partial charge in [-0.1, -0.05) is 25.5 Å². The summed E-state index contributed by atoms with van der Waals surface area (Å²) in [4.78, 5) is 32.3. The summed E-state index contributed by atoms with van der Waals surface area (Å²) in [6, 6.07) is 7.61. The predicted molar refractivity (Wildman–Crippen MR) is 114 cm³/mol. The molecule has 2 unspecified atom stereocenters. The molecule has 1 aromatic carbocycles. The molecule has 2 amide bonds. The number of unbranched alkanes of at least 4 members (excludes halogenated alkanes) is 1. The van der Waals surface area contributed by atoms with E-state index < -0.39 is 0 Å². The maximum atomic E-state index is 13.3. The zero-order chi connectivity index (χ0) is 20.8. The molecule has 1 aromatic rings. The summed E-state index contributed by atoms with van der Waals surface area (Å²) in [7, 11) is 3.52. The van der Waals surface area contributed by atoms with Crippen LogP contribution in [0.5, 0.6) is 5.75 Å². The summed E-state index contributed by atoms with van der Waals surface area (Å²) >= 11 is 0. The highest BCUT2D eigenvalue weighted by atomic mass is 16.5. The second kappa shape index (κ2) is 10.1. The van der Waals surface area contributed by atoms with Gasteiger partial charge in [-0.15, -0.1) is 0 Å². The number of amides is 2. The van der Waals surface area contributed by atoms with Crippen LogP contribution in [-0.4, -0.2) is 73.4 Å². The molecule has 2 saturated heterocycles. The Hall–Kier alpha value is -2.08. The van der Waals surface area contributed by atoms with E-state index in [0.717, 1.165) is 43.8 Å². The van der Waals surface area contributed by atoms with Crippen molar-refractivity contribution in [3.05, 3.63) is 29.8 Å². The zero-order valence-electron chi connectivity index (χ0n) is 18.1. The van der Waals surface area contributed by atoms with Crippen LogP contribution < -0.4 is 4.74 Å². The molecule has 2 fully saturated rings. The molecule has 2 heterocycles. The molecule has 0 N–H and O–H groups in total. The number of ether oxygens (including phenoxy) is 1. The number of nitrogens with zero attached hydrogens (tertiary/aromatic N) is 3. The molecule has 3 rings (SSSR count). The van der Waals surface area contributed by atoms with Crippen LogP contribution in [0.15, 0.2) is 24.3 Å². The van der Waals surface area contributed by atoms with Gasteiger partial charge in [0.15, 0.2) is 0 Å². The van der Waals surface area contributed by atoms with Gasteiger partial charge in [-0.3, -0.25) is 9.59 Å². The van der Waals surface area contributed by atoms with Gasteiger partial charge in [-0.2, -0.15) is 0 Å². The number of likely N-dealkylation sites (N-methyl/N-ethyl adjacent to an activating group) is 1. The summed E-state index contributed by atoms with van der Waals surface area (Å²) in [5.41, 5.74) is 1.01. The highest BCUT2D eigenvalue weighted by Gasteiger charge is 2.45. The largest absolute Gasteiger partial charge is 0.497 e. The summed E-state index contributed by atoms with van der Waals surface area (Å²) in [5, 5.41) is 0. The smallest absolute Gasteiger partial charge is 0.228 e. The van der Waals surface area contributed by atoms with Gasteiger partial charge >= 0.3 is 0 Å². The predicted octanol–water partition coefficient (Wildman–Crippen LogP) is 2.94. The van der Waals surface area contributed by atoms with E-state index in [4.69, 9.17) is 4.74 Å². The molecule has 29 heavy (non-hydrogen) atoms. The lowest BCUT2D eigenvalue weighted by atomic mass is 9.92. The fraction of sp³-hybridized carbons (Fsp3) is 0.652. The summed E-state index contributed by atoms with van der Waals surface area (Å²) in [5.74, 6) is 0.628. The minimum atomic E-state index is -0.323. The van der Waals surface area contributed by atoms with Crippen molar-refractivity contribution >= 4 is 11.8 Å². The average molecular weight is 402 g/mol. The Morgan fingerprint density at radius 2 is 1.86 bits per heavy atom. The first-order valence-electron chi connectivity index (χ1n) is 11.0. The van der Waals surface area contributed by atoms with Gasteiger partial charge in [0.25, 0.3) is 0 Å². The Morgan fingerprint density at radius 3 is 2.48 bits per heavy atom.